The summed E-state index contributed by atoms with van der Waals surface area (Å²) in [6, 6.07) is 3.80. The molecule has 0 atom stereocenters. The van der Waals surface area contributed by atoms with Gasteiger partial charge in [0.05, 0.1) is 5.39 Å². The lowest BCUT2D eigenvalue weighted by Crippen LogP contribution is -2.38. The molecule has 1 aliphatic rings. The Labute approximate surface area is 162 Å². The Balaban J connectivity index is 1.45. The first-order chi connectivity index (χ1) is 13.0. The normalized spacial score (nSPS) is 15.3. The topological polar surface area (TPSA) is 71.0 Å². The maximum absolute atomic E-state index is 12.6. The van der Waals surface area contributed by atoms with Crippen LogP contribution in [0.3, 0.4) is 0 Å². The number of piperidine rings is 1. The molecule has 27 heavy (non-hydrogen) atoms. The summed E-state index contributed by atoms with van der Waals surface area (Å²) in [4.78, 5) is 30.4. The van der Waals surface area contributed by atoms with Crippen molar-refractivity contribution in [1.29, 1.82) is 0 Å². The van der Waals surface area contributed by atoms with Gasteiger partial charge in [-0.3, -0.25) is 4.79 Å². The van der Waals surface area contributed by atoms with E-state index >= 15 is 0 Å². The number of nitrogens with zero attached hydrogens (tertiary/aromatic N) is 4. The number of amides is 1. The second kappa shape index (κ2) is 7.23. The predicted molar refractivity (Wildman–Crippen MR) is 109 cm³/mol. The molecule has 1 N–H and O–H groups in total. The fourth-order valence-corrected chi connectivity index (χ4v) is 4.52. The van der Waals surface area contributed by atoms with E-state index in [0.717, 1.165) is 47.5 Å². The molecule has 7 heteroatoms. The Morgan fingerprint density at radius 2 is 1.93 bits per heavy atom. The third-order valence-corrected chi connectivity index (χ3v) is 6.39. The van der Waals surface area contributed by atoms with Crippen LogP contribution >= 0.6 is 11.3 Å². The summed E-state index contributed by atoms with van der Waals surface area (Å²) < 4.78 is 0. The van der Waals surface area contributed by atoms with Gasteiger partial charge in [0.25, 0.3) is 0 Å². The number of anilines is 2. The van der Waals surface area contributed by atoms with Crippen molar-refractivity contribution in [3.8, 4) is 0 Å². The van der Waals surface area contributed by atoms with Gasteiger partial charge in [0, 0.05) is 30.1 Å². The monoisotopic (exact) mass is 381 g/mol. The molecule has 0 bridgehead atoms. The molecule has 0 saturated carbocycles. The predicted octanol–water partition coefficient (Wildman–Crippen LogP) is 3.87. The summed E-state index contributed by atoms with van der Waals surface area (Å²) in [6.45, 7) is 7.88. The van der Waals surface area contributed by atoms with Crippen molar-refractivity contribution in [1.82, 2.24) is 15.0 Å². The number of fused-ring (bicyclic) bond motifs is 1. The van der Waals surface area contributed by atoms with Crippen molar-refractivity contribution in [3.05, 3.63) is 40.7 Å². The van der Waals surface area contributed by atoms with E-state index in [-0.39, 0.29) is 11.8 Å². The molecule has 0 unspecified atom stereocenters. The Morgan fingerprint density at radius 1 is 1.15 bits per heavy atom. The first-order valence-electron chi connectivity index (χ1n) is 9.22. The van der Waals surface area contributed by atoms with Crippen molar-refractivity contribution in [3.63, 3.8) is 0 Å². The SMILES string of the molecule is Cc1ccc(NC(=O)C2CCN(c3ncnc4sc(C)c(C)c34)CC2)nc1. The molecular weight excluding hydrogens is 358 g/mol. The highest BCUT2D eigenvalue weighted by Gasteiger charge is 2.27. The zero-order valence-corrected chi connectivity index (χ0v) is 16.6. The summed E-state index contributed by atoms with van der Waals surface area (Å²) in [5.41, 5.74) is 2.34. The largest absolute Gasteiger partial charge is 0.356 e. The second-order valence-electron chi connectivity index (χ2n) is 7.13. The molecule has 0 radical (unpaired) electrons. The van der Waals surface area contributed by atoms with E-state index in [1.54, 1.807) is 23.9 Å². The molecule has 1 aliphatic heterocycles. The van der Waals surface area contributed by atoms with Crippen LogP contribution in [0.4, 0.5) is 11.6 Å². The third kappa shape index (κ3) is 3.51. The second-order valence-corrected chi connectivity index (χ2v) is 8.34. The van der Waals surface area contributed by atoms with Crippen LogP contribution in [-0.2, 0) is 4.79 Å². The molecule has 3 aromatic heterocycles. The van der Waals surface area contributed by atoms with Crippen LogP contribution in [0.1, 0.15) is 28.8 Å². The summed E-state index contributed by atoms with van der Waals surface area (Å²) in [5, 5.41) is 4.10. The number of carbonyl (C=O) groups excluding carboxylic acids is 1. The number of thiophene rings is 1. The van der Waals surface area contributed by atoms with E-state index in [1.165, 1.54) is 10.4 Å². The van der Waals surface area contributed by atoms with Crippen molar-refractivity contribution in [2.24, 2.45) is 5.92 Å². The van der Waals surface area contributed by atoms with Gasteiger partial charge in [-0.15, -0.1) is 11.3 Å². The van der Waals surface area contributed by atoms with Crippen molar-refractivity contribution in [2.75, 3.05) is 23.3 Å². The first-order valence-corrected chi connectivity index (χ1v) is 10.0. The van der Waals surface area contributed by atoms with Crippen molar-refractivity contribution in [2.45, 2.75) is 33.6 Å². The number of carbonyl (C=O) groups is 1. The van der Waals surface area contributed by atoms with Gasteiger partial charge in [-0.05, 0) is 50.8 Å². The smallest absolute Gasteiger partial charge is 0.228 e. The minimum absolute atomic E-state index is 0.00647. The Bertz CT molecular complexity index is 974. The van der Waals surface area contributed by atoms with Gasteiger partial charge in [0.15, 0.2) is 0 Å². The molecule has 1 saturated heterocycles. The lowest BCUT2D eigenvalue weighted by atomic mass is 9.95. The minimum atomic E-state index is 0.00647. The molecule has 4 rings (SSSR count). The van der Waals surface area contributed by atoms with E-state index in [4.69, 9.17) is 0 Å². The van der Waals surface area contributed by atoms with E-state index in [1.807, 2.05) is 19.1 Å². The molecule has 1 amide bonds. The lowest BCUT2D eigenvalue weighted by Gasteiger charge is -2.32. The summed E-state index contributed by atoms with van der Waals surface area (Å²) in [5.74, 6) is 1.68. The Morgan fingerprint density at radius 3 is 2.63 bits per heavy atom. The van der Waals surface area contributed by atoms with Crippen LogP contribution < -0.4 is 10.2 Å². The average Bonchev–Trinajstić information content (AvgIpc) is 2.98. The average molecular weight is 382 g/mol. The number of pyridine rings is 1. The summed E-state index contributed by atoms with van der Waals surface area (Å²) >= 11 is 1.72. The van der Waals surface area contributed by atoms with Crippen LogP contribution in [0.15, 0.2) is 24.7 Å². The van der Waals surface area contributed by atoms with Crippen molar-refractivity contribution < 1.29 is 4.79 Å². The van der Waals surface area contributed by atoms with E-state index < -0.39 is 0 Å². The standard InChI is InChI=1S/C20H23N5OS/c1-12-4-5-16(21-10-12)24-19(26)15-6-8-25(9-7-15)18-17-13(2)14(3)27-20(17)23-11-22-18/h4-5,10-11,15H,6-9H2,1-3H3,(H,21,24,26). The Hall–Kier alpha value is -2.54. The highest BCUT2D eigenvalue weighted by atomic mass is 32.1. The molecule has 140 valence electrons. The highest BCUT2D eigenvalue weighted by molar-refractivity contribution is 7.18. The molecule has 0 aromatic carbocycles. The molecule has 6 nitrogen and oxygen atoms in total. The van der Waals surface area contributed by atoms with Crippen LogP contribution in [0, 0.1) is 26.7 Å². The van der Waals surface area contributed by atoms with Crippen LogP contribution in [0.2, 0.25) is 0 Å². The van der Waals surface area contributed by atoms with Crippen molar-refractivity contribution >= 4 is 39.1 Å². The Kier molecular flexibility index (Phi) is 4.78. The van der Waals surface area contributed by atoms with Gasteiger partial charge in [-0.25, -0.2) is 15.0 Å². The maximum Gasteiger partial charge on any atom is 0.228 e. The zero-order valence-electron chi connectivity index (χ0n) is 15.8. The fourth-order valence-electron chi connectivity index (χ4n) is 3.53. The number of hydrogen-bond donors (Lipinski definition) is 1. The third-order valence-electron chi connectivity index (χ3n) is 5.27. The number of hydrogen-bond acceptors (Lipinski definition) is 6. The zero-order chi connectivity index (χ0) is 19.0. The van der Waals surface area contributed by atoms with Gasteiger partial charge in [0.2, 0.25) is 5.91 Å². The van der Waals surface area contributed by atoms with Gasteiger partial charge in [-0.1, -0.05) is 6.07 Å². The maximum atomic E-state index is 12.6. The highest BCUT2D eigenvalue weighted by Crippen LogP contribution is 2.35. The minimum Gasteiger partial charge on any atom is -0.356 e. The van der Waals surface area contributed by atoms with Crippen LogP contribution in [-0.4, -0.2) is 33.9 Å². The molecular formula is C20H23N5OS. The molecule has 0 aliphatic carbocycles. The number of rotatable bonds is 3. The number of nitrogens with one attached hydrogen (secondary N) is 1. The number of aromatic nitrogens is 3. The summed E-state index contributed by atoms with van der Waals surface area (Å²) in [7, 11) is 0. The molecule has 0 spiro atoms. The summed E-state index contributed by atoms with van der Waals surface area (Å²) in [6.07, 6.45) is 5.04. The lowest BCUT2D eigenvalue weighted by molar-refractivity contribution is -0.120. The molecule has 4 heterocycles. The van der Waals surface area contributed by atoms with E-state index in [2.05, 4.69) is 39.0 Å². The number of aryl methyl sites for hydroxylation is 3. The van der Waals surface area contributed by atoms with Gasteiger partial charge in [-0.2, -0.15) is 0 Å². The molecule has 3 aromatic rings. The van der Waals surface area contributed by atoms with Gasteiger partial charge >= 0.3 is 0 Å². The van der Waals surface area contributed by atoms with Gasteiger partial charge in [0.1, 0.15) is 22.8 Å². The van der Waals surface area contributed by atoms with E-state index in [9.17, 15) is 4.79 Å². The van der Waals surface area contributed by atoms with Gasteiger partial charge < -0.3 is 10.2 Å². The quantitative estimate of drug-likeness (QED) is 0.746. The van der Waals surface area contributed by atoms with Crippen LogP contribution in [0.25, 0.3) is 10.2 Å². The van der Waals surface area contributed by atoms with E-state index in [0.29, 0.717) is 5.82 Å². The van der Waals surface area contributed by atoms with Crippen LogP contribution in [0.5, 0.6) is 0 Å². The fraction of sp³-hybridized carbons (Fsp3) is 0.400. The first kappa shape index (κ1) is 17.9. The molecule has 1 fully saturated rings.